The van der Waals surface area contributed by atoms with Crippen molar-refractivity contribution < 1.29 is 4.52 Å². The van der Waals surface area contributed by atoms with Crippen LogP contribution in [0.3, 0.4) is 0 Å². The molecule has 2 aromatic heterocycles. The van der Waals surface area contributed by atoms with E-state index in [1.807, 2.05) is 35.9 Å². The topological polar surface area (TPSA) is 73.0 Å². The molecule has 0 fully saturated rings. The molecule has 3 rings (SSSR count). The van der Waals surface area contributed by atoms with Crippen molar-refractivity contribution in [2.24, 2.45) is 0 Å². The summed E-state index contributed by atoms with van der Waals surface area (Å²) in [7, 11) is 1.90. The average molecular weight is 335 g/mol. The SMILES string of the molecule is CNC(C)Cc1noc(Cn2ccc(=O)c3ccccc32)n1.Cl. The van der Waals surface area contributed by atoms with E-state index in [1.54, 1.807) is 12.3 Å². The quantitative estimate of drug-likeness (QED) is 0.772. The van der Waals surface area contributed by atoms with Crippen LogP contribution in [0.2, 0.25) is 0 Å². The number of hydrogen-bond acceptors (Lipinski definition) is 5. The Morgan fingerprint density at radius 1 is 1.30 bits per heavy atom. The van der Waals surface area contributed by atoms with E-state index in [0.717, 1.165) is 5.52 Å². The average Bonchev–Trinajstić information content (AvgIpc) is 2.97. The number of hydrogen-bond donors (Lipinski definition) is 1. The summed E-state index contributed by atoms with van der Waals surface area (Å²) in [6, 6.07) is 9.35. The Morgan fingerprint density at radius 3 is 2.87 bits per heavy atom. The number of nitrogens with zero attached hydrogens (tertiary/aromatic N) is 3. The van der Waals surface area contributed by atoms with Crippen LogP contribution in [-0.2, 0) is 13.0 Å². The molecular formula is C16H19ClN4O2. The molecule has 1 atom stereocenters. The van der Waals surface area contributed by atoms with E-state index in [1.165, 1.54) is 0 Å². The first-order chi connectivity index (χ1) is 10.7. The minimum absolute atomic E-state index is 0. The summed E-state index contributed by atoms with van der Waals surface area (Å²) in [4.78, 5) is 16.3. The van der Waals surface area contributed by atoms with Gasteiger partial charge in [-0.25, -0.2) is 0 Å². The molecule has 0 aliphatic carbocycles. The molecule has 7 heteroatoms. The Balaban J connectivity index is 0.00000192. The van der Waals surface area contributed by atoms with E-state index in [9.17, 15) is 4.79 Å². The predicted octanol–water partition coefficient (Wildman–Crippen LogP) is 2.01. The van der Waals surface area contributed by atoms with Crippen LogP contribution in [0.1, 0.15) is 18.6 Å². The van der Waals surface area contributed by atoms with E-state index in [-0.39, 0.29) is 17.8 Å². The number of likely N-dealkylation sites (N-methyl/N-ethyl adjacent to an activating group) is 1. The van der Waals surface area contributed by atoms with Gasteiger partial charge in [-0.2, -0.15) is 4.98 Å². The molecule has 0 saturated heterocycles. The summed E-state index contributed by atoms with van der Waals surface area (Å²) in [6.07, 6.45) is 2.47. The Bertz CT molecular complexity index is 843. The van der Waals surface area contributed by atoms with Gasteiger partial charge in [0.05, 0.1) is 5.52 Å². The second-order valence-corrected chi connectivity index (χ2v) is 5.32. The molecule has 0 aliphatic heterocycles. The van der Waals surface area contributed by atoms with Gasteiger partial charge in [0.2, 0.25) is 5.89 Å². The smallest absolute Gasteiger partial charge is 0.246 e. The molecule has 6 nitrogen and oxygen atoms in total. The van der Waals surface area contributed by atoms with Crippen LogP contribution >= 0.6 is 12.4 Å². The van der Waals surface area contributed by atoms with E-state index in [4.69, 9.17) is 4.52 Å². The zero-order chi connectivity index (χ0) is 15.5. The van der Waals surface area contributed by atoms with Gasteiger partial charge in [0.1, 0.15) is 6.54 Å². The van der Waals surface area contributed by atoms with Crippen molar-refractivity contribution in [1.82, 2.24) is 20.0 Å². The monoisotopic (exact) mass is 334 g/mol. The third-order valence-corrected chi connectivity index (χ3v) is 3.68. The molecule has 0 radical (unpaired) electrons. The molecule has 0 saturated carbocycles. The lowest BCUT2D eigenvalue weighted by Crippen LogP contribution is -2.24. The van der Waals surface area contributed by atoms with Gasteiger partial charge in [-0.05, 0) is 26.1 Å². The molecule has 0 amide bonds. The second-order valence-electron chi connectivity index (χ2n) is 5.32. The third-order valence-electron chi connectivity index (χ3n) is 3.68. The highest BCUT2D eigenvalue weighted by atomic mass is 35.5. The first-order valence-corrected chi connectivity index (χ1v) is 7.24. The molecule has 1 N–H and O–H groups in total. The first kappa shape index (κ1) is 17.2. The molecule has 122 valence electrons. The first-order valence-electron chi connectivity index (χ1n) is 7.24. The number of halogens is 1. The van der Waals surface area contributed by atoms with E-state index in [2.05, 4.69) is 22.4 Å². The van der Waals surface area contributed by atoms with Crippen LogP contribution in [0, 0.1) is 0 Å². The highest BCUT2D eigenvalue weighted by Crippen LogP contribution is 2.11. The molecule has 0 aliphatic rings. The summed E-state index contributed by atoms with van der Waals surface area (Å²) in [6.45, 7) is 2.51. The number of rotatable bonds is 5. The van der Waals surface area contributed by atoms with E-state index < -0.39 is 0 Å². The highest BCUT2D eigenvalue weighted by molar-refractivity contribution is 5.85. The Labute approximate surface area is 139 Å². The van der Waals surface area contributed by atoms with Gasteiger partial charge >= 0.3 is 0 Å². The van der Waals surface area contributed by atoms with Crippen molar-refractivity contribution in [3.63, 3.8) is 0 Å². The van der Waals surface area contributed by atoms with Crippen molar-refractivity contribution in [3.8, 4) is 0 Å². The zero-order valence-corrected chi connectivity index (χ0v) is 13.8. The summed E-state index contributed by atoms with van der Waals surface area (Å²) in [5.74, 6) is 1.22. The Morgan fingerprint density at radius 2 is 2.09 bits per heavy atom. The van der Waals surface area contributed by atoms with Crippen molar-refractivity contribution in [2.75, 3.05) is 7.05 Å². The fraction of sp³-hybridized carbons (Fsp3) is 0.312. The molecule has 1 aromatic carbocycles. The molecule has 23 heavy (non-hydrogen) atoms. The fourth-order valence-electron chi connectivity index (χ4n) is 2.36. The number of pyridine rings is 1. The fourth-order valence-corrected chi connectivity index (χ4v) is 2.36. The number of benzene rings is 1. The second kappa shape index (κ2) is 7.39. The number of para-hydroxylation sites is 1. The highest BCUT2D eigenvalue weighted by Gasteiger charge is 2.11. The van der Waals surface area contributed by atoms with Crippen LogP contribution in [0.15, 0.2) is 45.8 Å². The summed E-state index contributed by atoms with van der Waals surface area (Å²) >= 11 is 0. The van der Waals surface area contributed by atoms with Crippen LogP contribution < -0.4 is 10.7 Å². The molecule has 2 heterocycles. The lowest BCUT2D eigenvalue weighted by Gasteiger charge is -2.07. The Hall–Kier alpha value is -2.18. The van der Waals surface area contributed by atoms with Gasteiger partial charge < -0.3 is 14.4 Å². The standard InChI is InChI=1S/C16H18N4O2.ClH/c1-11(17-2)9-15-18-16(22-19-15)10-20-8-7-14(21)12-5-3-4-6-13(12)20;/h3-8,11,17H,9-10H2,1-2H3;1H. The van der Waals surface area contributed by atoms with Crippen LogP contribution in [0.25, 0.3) is 10.9 Å². The molecule has 0 bridgehead atoms. The van der Waals surface area contributed by atoms with Gasteiger partial charge in [0, 0.05) is 30.1 Å². The van der Waals surface area contributed by atoms with Crippen LogP contribution in [0.4, 0.5) is 0 Å². The Kier molecular flexibility index (Phi) is 5.52. The minimum Gasteiger partial charge on any atom is -0.338 e. The van der Waals surface area contributed by atoms with Crippen LogP contribution in [0.5, 0.6) is 0 Å². The number of aromatic nitrogens is 3. The van der Waals surface area contributed by atoms with Crippen molar-refractivity contribution in [1.29, 1.82) is 0 Å². The van der Waals surface area contributed by atoms with E-state index >= 15 is 0 Å². The van der Waals surface area contributed by atoms with Crippen LogP contribution in [-0.4, -0.2) is 27.8 Å². The van der Waals surface area contributed by atoms with Crippen molar-refractivity contribution in [3.05, 3.63) is 58.5 Å². The molecule has 0 spiro atoms. The lowest BCUT2D eigenvalue weighted by atomic mass is 10.2. The van der Waals surface area contributed by atoms with Crippen molar-refractivity contribution in [2.45, 2.75) is 25.9 Å². The maximum atomic E-state index is 11.9. The van der Waals surface area contributed by atoms with E-state index in [0.29, 0.717) is 36.1 Å². The number of nitrogens with one attached hydrogen (secondary N) is 1. The largest absolute Gasteiger partial charge is 0.338 e. The maximum Gasteiger partial charge on any atom is 0.246 e. The van der Waals surface area contributed by atoms with Gasteiger partial charge in [0.25, 0.3) is 0 Å². The zero-order valence-electron chi connectivity index (χ0n) is 13.0. The van der Waals surface area contributed by atoms with Gasteiger partial charge in [-0.3, -0.25) is 4.79 Å². The van der Waals surface area contributed by atoms with Gasteiger partial charge in [0.15, 0.2) is 11.3 Å². The molecule has 3 aromatic rings. The summed E-state index contributed by atoms with van der Waals surface area (Å²) in [5, 5.41) is 7.83. The normalized spacial score (nSPS) is 12.1. The third kappa shape index (κ3) is 3.78. The van der Waals surface area contributed by atoms with Gasteiger partial charge in [-0.15, -0.1) is 12.4 Å². The van der Waals surface area contributed by atoms with Gasteiger partial charge in [-0.1, -0.05) is 17.3 Å². The summed E-state index contributed by atoms with van der Waals surface area (Å²) < 4.78 is 7.25. The molecule has 1 unspecified atom stereocenters. The number of fused-ring (bicyclic) bond motifs is 1. The van der Waals surface area contributed by atoms with Crippen molar-refractivity contribution >= 4 is 23.3 Å². The summed E-state index contributed by atoms with van der Waals surface area (Å²) in [5.41, 5.74) is 0.874. The minimum atomic E-state index is 0. The predicted molar refractivity (Wildman–Crippen MR) is 91.1 cm³/mol. The lowest BCUT2D eigenvalue weighted by molar-refractivity contribution is 0.365. The molecular weight excluding hydrogens is 316 g/mol. The maximum absolute atomic E-state index is 11.9.